The van der Waals surface area contributed by atoms with Crippen molar-refractivity contribution in [2.24, 2.45) is 0 Å². The molecule has 376 valence electrons. The van der Waals surface area contributed by atoms with Gasteiger partial charge in [0, 0.05) is 0 Å². The summed E-state index contributed by atoms with van der Waals surface area (Å²) in [7, 11) is 0. The van der Waals surface area contributed by atoms with Crippen molar-refractivity contribution in [2.75, 3.05) is 0 Å². The highest BCUT2D eigenvalue weighted by atomic mass is 14.6. The van der Waals surface area contributed by atoms with Gasteiger partial charge in [-0.05, 0) is 213 Å². The van der Waals surface area contributed by atoms with E-state index in [0.29, 0.717) is 0 Å². The first-order valence-corrected chi connectivity index (χ1v) is 28.9. The first-order valence-electron chi connectivity index (χ1n) is 28.9. The van der Waals surface area contributed by atoms with Gasteiger partial charge in [0.05, 0.1) is 10.8 Å². The van der Waals surface area contributed by atoms with Crippen molar-refractivity contribution in [1.82, 2.24) is 0 Å². The average Bonchev–Trinajstić information content (AvgIpc) is 1.67. The number of rotatable bonds is 4. The van der Waals surface area contributed by atoms with Gasteiger partial charge in [0.25, 0.3) is 0 Å². The molecule has 82 heavy (non-hydrogen) atoms. The lowest BCUT2D eigenvalue weighted by atomic mass is 9.68. The van der Waals surface area contributed by atoms with E-state index >= 15 is 0 Å². The van der Waals surface area contributed by atoms with Crippen LogP contribution in [0.15, 0.2) is 291 Å². The van der Waals surface area contributed by atoms with Crippen molar-refractivity contribution in [3.8, 4) is 89.0 Å². The second-order valence-corrected chi connectivity index (χ2v) is 23.2. The van der Waals surface area contributed by atoms with Crippen LogP contribution in [0.2, 0.25) is 0 Å². The number of fused-ring (bicyclic) bond motifs is 24. The smallest absolute Gasteiger partial charge is 0.0622 e. The molecule has 0 aromatic heterocycles. The third-order valence-corrected chi connectivity index (χ3v) is 19.6. The van der Waals surface area contributed by atoms with Gasteiger partial charge in [-0.15, -0.1) is 0 Å². The molecule has 0 radical (unpaired) electrons. The molecule has 4 aliphatic carbocycles. The molecule has 0 nitrogen and oxygen atoms in total. The van der Waals surface area contributed by atoms with Crippen LogP contribution in [0, 0.1) is 0 Å². The van der Waals surface area contributed by atoms with Gasteiger partial charge in [-0.2, -0.15) is 0 Å². The Balaban J connectivity index is 0.942. The lowest BCUT2D eigenvalue weighted by Gasteiger charge is -2.32. The van der Waals surface area contributed by atoms with Gasteiger partial charge in [0.1, 0.15) is 0 Å². The number of hydrogen-bond acceptors (Lipinski definition) is 0. The van der Waals surface area contributed by atoms with E-state index in [1.165, 1.54) is 177 Å². The molecule has 0 amide bonds. The van der Waals surface area contributed by atoms with Crippen molar-refractivity contribution in [2.45, 2.75) is 10.8 Å². The van der Waals surface area contributed by atoms with Crippen molar-refractivity contribution >= 4 is 43.1 Å². The minimum Gasteiger partial charge on any atom is -0.0622 e. The fraction of sp³-hybridized carbons (Fsp3) is 0.0244. The van der Waals surface area contributed by atoms with Gasteiger partial charge in [-0.1, -0.05) is 255 Å². The summed E-state index contributed by atoms with van der Waals surface area (Å²) in [5, 5.41) is 10.5. The Hall–Kier alpha value is -10.4. The van der Waals surface area contributed by atoms with E-state index in [-0.39, 0.29) is 0 Å². The minimum absolute atomic E-state index is 0.592. The number of benzene rings is 15. The molecule has 4 aliphatic rings. The molecule has 15 aromatic carbocycles. The average molecular weight is 1030 g/mol. The highest BCUT2D eigenvalue weighted by Crippen LogP contribution is 2.68. The zero-order valence-corrected chi connectivity index (χ0v) is 44.7. The minimum atomic E-state index is -0.592. The second-order valence-electron chi connectivity index (χ2n) is 23.2. The SMILES string of the molecule is c1ccc(-c2ccc3c(c2)C2(c4cc(-c5ccccc5)ccc4-3)c3ccccc3-c3c2cc2c4cccc5c6c(cc(c7cccc3c72)c54)C2(c3cc(-c4ccccc4)ccc3-c3ccc(-c4ccccc4)cc32)c2ccccc2-6)cc1. The summed E-state index contributed by atoms with van der Waals surface area (Å²) < 4.78 is 0. The lowest BCUT2D eigenvalue weighted by molar-refractivity contribution is 0.796. The Kier molecular flexibility index (Phi) is 8.75. The summed E-state index contributed by atoms with van der Waals surface area (Å²) in [6.45, 7) is 0. The van der Waals surface area contributed by atoms with E-state index in [4.69, 9.17) is 0 Å². The molecule has 15 aromatic rings. The van der Waals surface area contributed by atoms with Gasteiger partial charge >= 0.3 is 0 Å². The van der Waals surface area contributed by atoms with E-state index < -0.39 is 10.8 Å². The fourth-order valence-electron chi connectivity index (χ4n) is 16.4. The number of hydrogen-bond donors (Lipinski definition) is 0. The van der Waals surface area contributed by atoms with E-state index in [9.17, 15) is 0 Å². The monoisotopic (exact) mass is 1030 g/mol. The Bertz CT molecular complexity index is 4730. The van der Waals surface area contributed by atoms with Crippen molar-refractivity contribution in [1.29, 1.82) is 0 Å². The zero-order chi connectivity index (χ0) is 53.4. The quantitative estimate of drug-likeness (QED) is 0.122. The van der Waals surface area contributed by atoms with E-state index in [1.54, 1.807) is 0 Å². The van der Waals surface area contributed by atoms with Crippen LogP contribution in [-0.2, 0) is 10.8 Å². The highest BCUT2D eigenvalue weighted by Gasteiger charge is 2.55. The summed E-state index contributed by atoms with van der Waals surface area (Å²) in [5.41, 5.74) is 30.0. The molecule has 0 bridgehead atoms. The second kappa shape index (κ2) is 16.1. The molecule has 0 unspecified atom stereocenters. The maximum atomic E-state index is 2.66. The van der Waals surface area contributed by atoms with Crippen LogP contribution in [0.1, 0.15) is 44.5 Å². The predicted octanol–water partition coefficient (Wildman–Crippen LogP) is 21.1. The molecule has 0 aliphatic heterocycles. The zero-order valence-electron chi connectivity index (χ0n) is 44.7. The van der Waals surface area contributed by atoms with Gasteiger partial charge in [0.2, 0.25) is 0 Å². The molecule has 0 saturated heterocycles. The van der Waals surface area contributed by atoms with Gasteiger partial charge < -0.3 is 0 Å². The van der Waals surface area contributed by atoms with Crippen molar-refractivity contribution < 1.29 is 0 Å². The van der Waals surface area contributed by atoms with Crippen LogP contribution < -0.4 is 0 Å². The van der Waals surface area contributed by atoms with Gasteiger partial charge in [-0.3, -0.25) is 0 Å². The molecule has 2 spiro atoms. The fourth-order valence-corrected chi connectivity index (χ4v) is 16.4. The first-order chi connectivity index (χ1) is 40.7. The topological polar surface area (TPSA) is 0 Å². The van der Waals surface area contributed by atoms with E-state index in [1.807, 2.05) is 0 Å². The van der Waals surface area contributed by atoms with Crippen LogP contribution in [0.25, 0.3) is 132 Å². The molecule has 0 saturated carbocycles. The molecule has 0 heterocycles. The van der Waals surface area contributed by atoms with E-state index in [2.05, 4.69) is 291 Å². The maximum Gasteiger partial charge on any atom is 0.0726 e. The predicted molar refractivity (Wildman–Crippen MR) is 342 cm³/mol. The summed E-state index contributed by atoms with van der Waals surface area (Å²) in [5.74, 6) is 0. The van der Waals surface area contributed by atoms with Crippen LogP contribution in [0.5, 0.6) is 0 Å². The maximum absolute atomic E-state index is 2.66. The third-order valence-electron chi connectivity index (χ3n) is 19.6. The lowest BCUT2D eigenvalue weighted by Crippen LogP contribution is -2.26. The molecule has 19 rings (SSSR count). The summed E-state index contributed by atoms with van der Waals surface area (Å²) in [4.78, 5) is 0. The van der Waals surface area contributed by atoms with Crippen molar-refractivity contribution in [3.63, 3.8) is 0 Å². The largest absolute Gasteiger partial charge is 0.0726 e. The molecule has 0 heteroatoms. The Morgan fingerprint density at radius 2 is 0.451 bits per heavy atom. The van der Waals surface area contributed by atoms with Crippen molar-refractivity contribution in [3.05, 3.63) is 336 Å². The van der Waals surface area contributed by atoms with Crippen LogP contribution in [-0.4, -0.2) is 0 Å². The highest BCUT2D eigenvalue weighted by molar-refractivity contribution is 6.36. The molecule has 0 atom stereocenters. The summed E-state index contributed by atoms with van der Waals surface area (Å²) in [6.07, 6.45) is 0. The van der Waals surface area contributed by atoms with Crippen LogP contribution in [0.3, 0.4) is 0 Å². The summed E-state index contributed by atoms with van der Waals surface area (Å²) >= 11 is 0. The molecule has 0 fully saturated rings. The Morgan fingerprint density at radius 1 is 0.159 bits per heavy atom. The van der Waals surface area contributed by atoms with Crippen LogP contribution in [0.4, 0.5) is 0 Å². The van der Waals surface area contributed by atoms with Gasteiger partial charge in [-0.25, -0.2) is 0 Å². The standard InChI is InChI=1S/C82H48/c1-5-19-49(20-6-1)53-35-39-57-58-40-36-54(50-21-7-2-8-22-50)44-72(58)81(71(57)43-53)69-33-15-13-27-63(69)79-65-31-17-30-62-68-48-76-80(66-32-18-29-61(78(66)68)67(77(62)65)47-75(79)81)64-28-14-16-34-70(64)82(76)73-45-55(51-23-9-3-10-24-51)37-41-59(73)60-42-38-56(46-74(60)82)52-25-11-4-12-26-52/h1-48H. The van der Waals surface area contributed by atoms with Crippen LogP contribution >= 0.6 is 0 Å². The summed E-state index contributed by atoms with van der Waals surface area (Å²) in [6, 6.07) is 111. The Labute approximate surface area is 475 Å². The molecular formula is C82H48. The normalized spacial score (nSPS) is 14.0. The van der Waals surface area contributed by atoms with E-state index in [0.717, 1.165) is 0 Å². The van der Waals surface area contributed by atoms with Gasteiger partial charge in [0.15, 0.2) is 0 Å². The molecular weight excluding hydrogens is 985 g/mol. The molecule has 0 N–H and O–H groups in total. The first kappa shape index (κ1) is 44.5. The Morgan fingerprint density at radius 3 is 0.780 bits per heavy atom. The third kappa shape index (κ3) is 5.52.